The van der Waals surface area contributed by atoms with Crippen LogP contribution in [0.5, 0.6) is 0 Å². The van der Waals surface area contributed by atoms with E-state index < -0.39 is 5.82 Å². The molecule has 0 atom stereocenters. The average molecular weight is 272 g/mol. The SMILES string of the molecule is CC(C)c1n[nH]c(=S)n1-c1ccc(F)c(Cl)c1. The van der Waals surface area contributed by atoms with Gasteiger partial charge in [0.1, 0.15) is 11.6 Å². The van der Waals surface area contributed by atoms with Gasteiger partial charge in [-0.2, -0.15) is 5.10 Å². The summed E-state index contributed by atoms with van der Waals surface area (Å²) >= 11 is 10.9. The summed E-state index contributed by atoms with van der Waals surface area (Å²) in [6, 6.07) is 4.48. The standard InChI is InChI=1S/C11H11ClFN3S/c1-6(2)10-14-15-11(17)16(10)7-3-4-9(13)8(12)5-7/h3-6H,1-2H3,(H,15,17). The van der Waals surface area contributed by atoms with E-state index in [1.807, 2.05) is 13.8 Å². The molecule has 90 valence electrons. The Kier molecular flexibility index (Phi) is 3.31. The van der Waals surface area contributed by atoms with Crippen LogP contribution in [-0.2, 0) is 0 Å². The van der Waals surface area contributed by atoms with Crippen LogP contribution < -0.4 is 0 Å². The highest BCUT2D eigenvalue weighted by molar-refractivity contribution is 7.71. The molecule has 0 spiro atoms. The van der Waals surface area contributed by atoms with Crippen molar-refractivity contribution in [3.8, 4) is 5.69 Å². The van der Waals surface area contributed by atoms with Gasteiger partial charge in [0.15, 0.2) is 4.77 Å². The van der Waals surface area contributed by atoms with Crippen molar-refractivity contribution in [1.82, 2.24) is 14.8 Å². The molecule has 1 aromatic carbocycles. The highest BCUT2D eigenvalue weighted by Crippen LogP contribution is 2.22. The number of rotatable bonds is 2. The molecule has 0 aliphatic carbocycles. The van der Waals surface area contributed by atoms with E-state index in [-0.39, 0.29) is 10.9 Å². The van der Waals surface area contributed by atoms with E-state index in [9.17, 15) is 4.39 Å². The Morgan fingerprint density at radius 1 is 1.47 bits per heavy atom. The number of benzene rings is 1. The van der Waals surface area contributed by atoms with Crippen LogP contribution in [0.4, 0.5) is 4.39 Å². The van der Waals surface area contributed by atoms with Crippen molar-refractivity contribution in [3.63, 3.8) is 0 Å². The molecule has 0 bridgehead atoms. The molecule has 2 aromatic rings. The summed E-state index contributed by atoms with van der Waals surface area (Å²) in [5.74, 6) is 0.543. The quantitative estimate of drug-likeness (QED) is 0.842. The largest absolute Gasteiger partial charge is 0.272 e. The minimum Gasteiger partial charge on any atom is -0.272 e. The predicted octanol–water partition coefficient (Wildman–Crippen LogP) is 3.85. The van der Waals surface area contributed by atoms with Gasteiger partial charge in [-0.3, -0.25) is 9.67 Å². The molecule has 1 aromatic heterocycles. The molecule has 0 radical (unpaired) electrons. The molecule has 2 rings (SSSR count). The summed E-state index contributed by atoms with van der Waals surface area (Å²) in [6.45, 7) is 4.01. The van der Waals surface area contributed by atoms with E-state index in [1.165, 1.54) is 12.1 Å². The predicted molar refractivity (Wildman–Crippen MR) is 67.8 cm³/mol. The summed E-state index contributed by atoms with van der Waals surface area (Å²) in [5.41, 5.74) is 0.707. The van der Waals surface area contributed by atoms with Crippen molar-refractivity contribution in [3.05, 3.63) is 39.6 Å². The Balaban J connectivity index is 2.63. The van der Waals surface area contributed by atoms with Gasteiger partial charge in [-0.25, -0.2) is 4.39 Å². The van der Waals surface area contributed by atoms with E-state index >= 15 is 0 Å². The molecule has 0 amide bonds. The number of hydrogen-bond donors (Lipinski definition) is 1. The number of nitrogens with zero attached hydrogens (tertiary/aromatic N) is 2. The maximum Gasteiger partial charge on any atom is 0.199 e. The second-order valence-electron chi connectivity index (χ2n) is 3.98. The van der Waals surface area contributed by atoms with E-state index in [0.29, 0.717) is 10.5 Å². The Labute approximate surface area is 108 Å². The van der Waals surface area contributed by atoms with E-state index in [0.717, 1.165) is 5.82 Å². The fourth-order valence-electron chi connectivity index (χ4n) is 1.57. The highest BCUT2D eigenvalue weighted by Gasteiger charge is 2.12. The van der Waals surface area contributed by atoms with Crippen molar-refractivity contribution >= 4 is 23.8 Å². The van der Waals surface area contributed by atoms with Crippen molar-refractivity contribution in [2.75, 3.05) is 0 Å². The summed E-state index contributed by atoms with van der Waals surface area (Å²) in [7, 11) is 0. The lowest BCUT2D eigenvalue weighted by Crippen LogP contribution is -2.03. The third-order valence-electron chi connectivity index (χ3n) is 2.38. The average Bonchev–Trinajstić information content (AvgIpc) is 2.64. The monoisotopic (exact) mass is 271 g/mol. The first-order chi connectivity index (χ1) is 8.00. The molecule has 6 heteroatoms. The van der Waals surface area contributed by atoms with Crippen LogP contribution >= 0.6 is 23.8 Å². The van der Waals surface area contributed by atoms with Gasteiger partial charge in [0.25, 0.3) is 0 Å². The van der Waals surface area contributed by atoms with E-state index in [1.54, 1.807) is 10.6 Å². The Morgan fingerprint density at radius 3 is 2.76 bits per heavy atom. The molecule has 0 aliphatic heterocycles. The summed E-state index contributed by atoms with van der Waals surface area (Å²) in [4.78, 5) is 0. The number of hydrogen-bond acceptors (Lipinski definition) is 2. The first kappa shape index (κ1) is 12.3. The second kappa shape index (κ2) is 4.58. The van der Waals surface area contributed by atoms with Crippen LogP contribution in [0.3, 0.4) is 0 Å². The topological polar surface area (TPSA) is 33.6 Å². The van der Waals surface area contributed by atoms with Gasteiger partial charge in [-0.15, -0.1) is 0 Å². The number of halogens is 2. The zero-order chi connectivity index (χ0) is 12.6. The number of nitrogens with one attached hydrogen (secondary N) is 1. The molecule has 0 saturated heterocycles. The van der Waals surface area contributed by atoms with Crippen molar-refractivity contribution in [2.24, 2.45) is 0 Å². The van der Waals surface area contributed by atoms with Crippen LogP contribution in [0.15, 0.2) is 18.2 Å². The van der Waals surface area contributed by atoms with Gasteiger partial charge in [-0.05, 0) is 30.4 Å². The molecular weight excluding hydrogens is 261 g/mol. The maximum atomic E-state index is 13.1. The van der Waals surface area contributed by atoms with Gasteiger partial charge in [0.05, 0.1) is 10.7 Å². The van der Waals surface area contributed by atoms with Crippen molar-refractivity contribution < 1.29 is 4.39 Å². The molecule has 1 heterocycles. The molecule has 0 saturated carbocycles. The Bertz CT molecular complexity index is 603. The smallest absolute Gasteiger partial charge is 0.199 e. The normalized spacial score (nSPS) is 11.1. The Morgan fingerprint density at radius 2 is 2.18 bits per heavy atom. The maximum absolute atomic E-state index is 13.1. The summed E-state index contributed by atoms with van der Waals surface area (Å²) in [6.07, 6.45) is 0. The number of aromatic nitrogens is 3. The van der Waals surface area contributed by atoms with Gasteiger partial charge in [0, 0.05) is 5.92 Å². The number of H-pyrrole nitrogens is 1. The number of aromatic amines is 1. The molecular formula is C11H11ClFN3S. The minimum atomic E-state index is -0.448. The zero-order valence-electron chi connectivity index (χ0n) is 9.37. The first-order valence-electron chi connectivity index (χ1n) is 5.13. The molecule has 1 N–H and O–H groups in total. The van der Waals surface area contributed by atoms with E-state index in [2.05, 4.69) is 10.2 Å². The van der Waals surface area contributed by atoms with Gasteiger partial charge >= 0.3 is 0 Å². The van der Waals surface area contributed by atoms with Crippen LogP contribution in [0.25, 0.3) is 5.69 Å². The minimum absolute atomic E-state index is 0.0697. The second-order valence-corrected chi connectivity index (χ2v) is 4.77. The third kappa shape index (κ3) is 2.25. The van der Waals surface area contributed by atoms with Crippen LogP contribution in [0.2, 0.25) is 5.02 Å². The fraction of sp³-hybridized carbons (Fsp3) is 0.273. The third-order valence-corrected chi connectivity index (χ3v) is 2.94. The van der Waals surface area contributed by atoms with Crippen LogP contribution in [0, 0.1) is 10.6 Å². The molecule has 17 heavy (non-hydrogen) atoms. The highest BCUT2D eigenvalue weighted by atomic mass is 35.5. The van der Waals surface area contributed by atoms with Crippen LogP contribution in [0.1, 0.15) is 25.6 Å². The lowest BCUT2D eigenvalue weighted by molar-refractivity contribution is 0.627. The lowest BCUT2D eigenvalue weighted by atomic mass is 10.2. The van der Waals surface area contributed by atoms with Crippen LogP contribution in [-0.4, -0.2) is 14.8 Å². The van der Waals surface area contributed by atoms with Crippen molar-refractivity contribution in [2.45, 2.75) is 19.8 Å². The summed E-state index contributed by atoms with van der Waals surface area (Å²) in [5, 5.41) is 6.95. The van der Waals surface area contributed by atoms with Gasteiger partial charge in [-0.1, -0.05) is 25.4 Å². The Hall–Kier alpha value is -1.20. The molecule has 0 fully saturated rings. The summed E-state index contributed by atoms with van der Waals surface area (Å²) < 4.78 is 15.3. The fourth-order valence-corrected chi connectivity index (χ4v) is 1.99. The lowest BCUT2D eigenvalue weighted by Gasteiger charge is -2.09. The molecule has 3 nitrogen and oxygen atoms in total. The first-order valence-corrected chi connectivity index (χ1v) is 5.92. The zero-order valence-corrected chi connectivity index (χ0v) is 10.9. The van der Waals surface area contributed by atoms with Gasteiger partial charge < -0.3 is 0 Å². The van der Waals surface area contributed by atoms with E-state index in [4.69, 9.17) is 23.8 Å². The van der Waals surface area contributed by atoms with Gasteiger partial charge in [0.2, 0.25) is 0 Å². The van der Waals surface area contributed by atoms with Crippen molar-refractivity contribution in [1.29, 1.82) is 0 Å². The molecule has 0 aliphatic rings. The molecule has 0 unspecified atom stereocenters.